The number of hydrogen-bond acceptors (Lipinski definition) is 2. The van der Waals surface area contributed by atoms with Gasteiger partial charge in [0.15, 0.2) is 5.82 Å². The highest BCUT2D eigenvalue weighted by molar-refractivity contribution is 6.54. The van der Waals surface area contributed by atoms with Crippen molar-refractivity contribution in [1.82, 2.24) is 0 Å². The number of para-hydroxylation sites is 1. The molecule has 3 aromatic rings. The van der Waals surface area contributed by atoms with Crippen LogP contribution >= 0.6 is 58.0 Å². The molecule has 0 saturated heterocycles. The summed E-state index contributed by atoms with van der Waals surface area (Å²) in [6.45, 7) is 0. The second-order valence-electron chi connectivity index (χ2n) is 7.78. The molecular formula is C24H16Cl5FN2O2. The third-order valence-electron chi connectivity index (χ3n) is 5.64. The Morgan fingerprint density at radius 2 is 1.59 bits per heavy atom. The van der Waals surface area contributed by atoms with Crippen molar-refractivity contribution >= 4 is 81.2 Å². The predicted molar refractivity (Wildman–Crippen MR) is 136 cm³/mol. The van der Waals surface area contributed by atoms with Crippen LogP contribution in [0.4, 0.5) is 15.8 Å². The van der Waals surface area contributed by atoms with Gasteiger partial charge in [-0.3, -0.25) is 9.59 Å². The highest BCUT2D eigenvalue weighted by atomic mass is 35.5. The number of rotatable bonds is 5. The van der Waals surface area contributed by atoms with Crippen molar-refractivity contribution in [3.8, 4) is 0 Å². The molecule has 0 spiro atoms. The predicted octanol–water partition coefficient (Wildman–Crippen LogP) is 7.59. The molecule has 1 N–H and O–H groups in total. The number of alkyl halides is 2. The smallest absolute Gasteiger partial charge is 0.261 e. The summed E-state index contributed by atoms with van der Waals surface area (Å²) in [7, 11) is 1.54. The van der Waals surface area contributed by atoms with Crippen LogP contribution in [0.1, 0.15) is 21.8 Å². The van der Waals surface area contributed by atoms with E-state index >= 15 is 4.39 Å². The summed E-state index contributed by atoms with van der Waals surface area (Å²) in [5.74, 6) is -3.60. The number of halogens is 6. The Hall–Kier alpha value is -2.02. The Bertz CT molecular complexity index is 1260. The average Bonchev–Trinajstić information content (AvgIpc) is 3.40. The fraction of sp³-hybridized carbons (Fsp3) is 0.167. The molecule has 2 amide bonds. The first-order valence-electron chi connectivity index (χ1n) is 9.98. The summed E-state index contributed by atoms with van der Waals surface area (Å²) < 4.78 is 13.8. The lowest BCUT2D eigenvalue weighted by Crippen LogP contribution is -2.27. The molecule has 34 heavy (non-hydrogen) atoms. The molecule has 10 heteroatoms. The largest absolute Gasteiger partial charge is 0.323 e. The number of nitrogens with zero attached hydrogens (tertiary/aromatic N) is 1. The Morgan fingerprint density at radius 3 is 2.21 bits per heavy atom. The van der Waals surface area contributed by atoms with E-state index in [9.17, 15) is 9.59 Å². The zero-order valence-electron chi connectivity index (χ0n) is 17.5. The molecule has 1 aliphatic rings. The molecule has 3 aromatic carbocycles. The lowest BCUT2D eigenvalue weighted by molar-refractivity contribution is -0.117. The highest BCUT2D eigenvalue weighted by Crippen LogP contribution is 2.65. The molecular weight excluding hydrogens is 545 g/mol. The minimum absolute atomic E-state index is 0.167. The van der Waals surface area contributed by atoms with Crippen LogP contribution in [0.3, 0.4) is 0 Å². The maximum atomic E-state index is 15.2. The Kier molecular flexibility index (Phi) is 7.05. The fourth-order valence-electron chi connectivity index (χ4n) is 3.78. The van der Waals surface area contributed by atoms with Gasteiger partial charge < -0.3 is 10.2 Å². The lowest BCUT2D eigenvalue weighted by atomic mass is 10.1. The molecule has 0 bridgehead atoms. The fourth-order valence-corrected chi connectivity index (χ4v) is 5.22. The third-order valence-corrected chi connectivity index (χ3v) is 7.77. The van der Waals surface area contributed by atoms with Gasteiger partial charge in [0.2, 0.25) is 5.91 Å². The van der Waals surface area contributed by atoms with Gasteiger partial charge in [-0.25, -0.2) is 4.39 Å². The van der Waals surface area contributed by atoms with Crippen LogP contribution in [0.15, 0.2) is 60.7 Å². The van der Waals surface area contributed by atoms with E-state index in [0.717, 1.165) is 0 Å². The van der Waals surface area contributed by atoms with E-state index < -0.39 is 33.8 Å². The van der Waals surface area contributed by atoms with Gasteiger partial charge in [-0.2, -0.15) is 0 Å². The highest BCUT2D eigenvalue weighted by Gasteiger charge is 2.67. The van der Waals surface area contributed by atoms with Crippen molar-refractivity contribution < 1.29 is 14.0 Å². The van der Waals surface area contributed by atoms with Gasteiger partial charge in [-0.15, -0.1) is 23.2 Å². The monoisotopic (exact) mass is 558 g/mol. The molecule has 4 rings (SSSR count). The van der Waals surface area contributed by atoms with Gasteiger partial charge in [0.1, 0.15) is 4.33 Å². The maximum absolute atomic E-state index is 15.2. The number of carbonyl (C=O) groups excluding carboxylic acids is 2. The van der Waals surface area contributed by atoms with Crippen LogP contribution in [0.25, 0.3) is 0 Å². The Balaban J connectivity index is 1.56. The van der Waals surface area contributed by atoms with Gasteiger partial charge >= 0.3 is 0 Å². The summed E-state index contributed by atoms with van der Waals surface area (Å²) in [4.78, 5) is 27.2. The number of hydrogen-bond donors (Lipinski definition) is 1. The Labute approximate surface area is 220 Å². The molecule has 2 atom stereocenters. The number of anilines is 2. The summed E-state index contributed by atoms with van der Waals surface area (Å²) in [6.07, 6.45) is 0. The van der Waals surface area contributed by atoms with E-state index in [1.165, 1.54) is 42.3 Å². The first-order valence-corrected chi connectivity index (χ1v) is 11.9. The molecule has 0 heterocycles. The van der Waals surface area contributed by atoms with Crippen LogP contribution in [0, 0.1) is 11.7 Å². The van der Waals surface area contributed by atoms with Crippen LogP contribution in [0.2, 0.25) is 15.1 Å². The molecule has 1 aliphatic carbocycles. The molecule has 0 radical (unpaired) electrons. The summed E-state index contributed by atoms with van der Waals surface area (Å²) in [5.41, 5.74) is 0.755. The standard InChI is InChI=1S/C24H16Cl5FN2O2/c1-32(13-6-3-2-4-7-13)23(34)14-8-5-9-17(21(14)30)31-22(33)19-18(24(19,28)29)12-10-15(25)20(27)16(26)11-12/h2-11,18-19H,1H3,(H,31,33)/t18-,19+/m0/s1. The number of carbonyl (C=O) groups is 2. The quantitative estimate of drug-likeness (QED) is 0.258. The minimum Gasteiger partial charge on any atom is -0.323 e. The summed E-state index contributed by atoms with van der Waals surface area (Å²) in [6, 6.07) is 16.0. The van der Waals surface area contributed by atoms with E-state index in [-0.39, 0.29) is 26.3 Å². The van der Waals surface area contributed by atoms with E-state index in [2.05, 4.69) is 5.32 Å². The van der Waals surface area contributed by atoms with Gasteiger partial charge in [-0.05, 0) is 42.0 Å². The summed E-state index contributed by atoms with van der Waals surface area (Å²) in [5, 5.41) is 3.06. The zero-order valence-corrected chi connectivity index (χ0v) is 21.2. The normalized spacial score (nSPS) is 18.3. The van der Waals surface area contributed by atoms with Crippen molar-refractivity contribution in [2.75, 3.05) is 17.3 Å². The van der Waals surface area contributed by atoms with Gasteiger partial charge in [0.05, 0.1) is 32.2 Å². The minimum atomic E-state index is -1.46. The number of benzene rings is 3. The summed E-state index contributed by atoms with van der Waals surface area (Å²) >= 11 is 30.9. The van der Waals surface area contributed by atoms with Crippen LogP contribution in [0.5, 0.6) is 0 Å². The molecule has 0 unspecified atom stereocenters. The first-order chi connectivity index (χ1) is 16.0. The van der Waals surface area contributed by atoms with Gasteiger partial charge in [0, 0.05) is 18.7 Å². The van der Waals surface area contributed by atoms with Gasteiger partial charge in [0.25, 0.3) is 5.91 Å². The Morgan fingerprint density at radius 1 is 0.971 bits per heavy atom. The maximum Gasteiger partial charge on any atom is 0.261 e. The van der Waals surface area contributed by atoms with Gasteiger partial charge in [-0.1, -0.05) is 59.1 Å². The van der Waals surface area contributed by atoms with E-state index in [4.69, 9.17) is 58.0 Å². The second kappa shape index (κ2) is 9.56. The molecule has 4 nitrogen and oxygen atoms in total. The zero-order chi connectivity index (χ0) is 24.8. The molecule has 0 aliphatic heterocycles. The number of amides is 2. The van der Waals surface area contributed by atoms with E-state index in [1.54, 1.807) is 24.3 Å². The number of nitrogens with one attached hydrogen (secondary N) is 1. The molecule has 176 valence electrons. The first kappa shape index (κ1) is 25.1. The van der Waals surface area contributed by atoms with Crippen molar-refractivity contribution in [3.63, 3.8) is 0 Å². The average molecular weight is 561 g/mol. The third kappa shape index (κ3) is 4.60. The van der Waals surface area contributed by atoms with Crippen molar-refractivity contribution in [2.45, 2.75) is 10.3 Å². The van der Waals surface area contributed by atoms with Crippen LogP contribution < -0.4 is 10.2 Å². The van der Waals surface area contributed by atoms with Crippen molar-refractivity contribution in [2.24, 2.45) is 5.92 Å². The molecule has 1 saturated carbocycles. The molecule has 0 aromatic heterocycles. The van der Waals surface area contributed by atoms with Crippen LogP contribution in [-0.2, 0) is 4.79 Å². The van der Waals surface area contributed by atoms with Crippen LogP contribution in [-0.4, -0.2) is 23.2 Å². The van der Waals surface area contributed by atoms with E-state index in [0.29, 0.717) is 11.3 Å². The topological polar surface area (TPSA) is 49.4 Å². The second-order valence-corrected chi connectivity index (χ2v) is 10.4. The van der Waals surface area contributed by atoms with E-state index in [1.807, 2.05) is 6.07 Å². The van der Waals surface area contributed by atoms with Crippen molar-refractivity contribution in [1.29, 1.82) is 0 Å². The SMILES string of the molecule is CN(C(=O)c1cccc(NC(=O)[C@H]2[C@H](c3cc(Cl)c(Cl)c(Cl)c3)C2(Cl)Cl)c1F)c1ccccc1. The lowest BCUT2D eigenvalue weighted by Gasteiger charge is -2.18. The molecule has 1 fully saturated rings. The van der Waals surface area contributed by atoms with Crippen molar-refractivity contribution in [3.05, 3.63) is 92.7 Å².